The molecule has 1 fully saturated rings. The van der Waals surface area contributed by atoms with Crippen LogP contribution in [0.15, 0.2) is 48.7 Å². The Balaban J connectivity index is 1.77. The van der Waals surface area contributed by atoms with Gasteiger partial charge in [0.2, 0.25) is 6.41 Å². The van der Waals surface area contributed by atoms with Crippen molar-refractivity contribution in [3.05, 3.63) is 54.2 Å². The van der Waals surface area contributed by atoms with E-state index in [1.807, 2.05) is 42.5 Å². The van der Waals surface area contributed by atoms with E-state index >= 15 is 0 Å². The molecule has 1 heterocycles. The molecular formula is C17H18N2O2. The predicted molar refractivity (Wildman–Crippen MR) is 81.2 cm³/mol. The lowest BCUT2D eigenvalue weighted by Crippen LogP contribution is -2.39. The first-order valence-corrected chi connectivity index (χ1v) is 7.24. The molecule has 1 aromatic heterocycles. The van der Waals surface area contributed by atoms with Gasteiger partial charge in [-0.3, -0.25) is 9.69 Å². The van der Waals surface area contributed by atoms with Crippen molar-refractivity contribution in [2.75, 3.05) is 4.90 Å². The lowest BCUT2D eigenvalue weighted by atomic mass is 9.92. The van der Waals surface area contributed by atoms with Crippen LogP contribution in [0.2, 0.25) is 0 Å². The van der Waals surface area contributed by atoms with Gasteiger partial charge >= 0.3 is 0 Å². The van der Waals surface area contributed by atoms with Gasteiger partial charge in [-0.15, -0.1) is 0 Å². The topological polar surface area (TPSA) is 42.4 Å². The Morgan fingerprint density at radius 3 is 2.67 bits per heavy atom. The van der Waals surface area contributed by atoms with Gasteiger partial charge in [-0.05, 0) is 37.0 Å². The third-order valence-corrected chi connectivity index (χ3v) is 3.81. The second-order valence-corrected chi connectivity index (χ2v) is 5.20. The van der Waals surface area contributed by atoms with Crippen molar-refractivity contribution in [3.63, 3.8) is 0 Å². The van der Waals surface area contributed by atoms with E-state index in [0.717, 1.165) is 24.8 Å². The Labute approximate surface area is 124 Å². The van der Waals surface area contributed by atoms with Crippen LogP contribution in [-0.4, -0.2) is 17.4 Å². The first kappa shape index (κ1) is 13.6. The highest BCUT2D eigenvalue weighted by molar-refractivity contribution is 5.77. The summed E-state index contributed by atoms with van der Waals surface area (Å²) in [4.78, 5) is 17.4. The summed E-state index contributed by atoms with van der Waals surface area (Å²) in [6, 6.07) is 13.9. The lowest BCUT2D eigenvalue weighted by Gasteiger charge is -2.34. The SMILES string of the molecule is O=CN(c1ncccc1OCc1ccccc1)C1CCC1. The summed E-state index contributed by atoms with van der Waals surface area (Å²) in [5.41, 5.74) is 1.09. The molecule has 1 saturated carbocycles. The van der Waals surface area contributed by atoms with Crippen molar-refractivity contribution >= 4 is 12.2 Å². The standard InChI is InChI=1S/C17H18N2O2/c20-13-19(15-8-4-9-15)17-16(10-5-11-18-17)21-12-14-6-2-1-3-7-14/h1-3,5-7,10-11,13,15H,4,8-9,12H2. The van der Waals surface area contributed by atoms with E-state index in [4.69, 9.17) is 4.74 Å². The predicted octanol–water partition coefficient (Wildman–Crippen LogP) is 3.18. The molecule has 108 valence electrons. The molecule has 0 N–H and O–H groups in total. The monoisotopic (exact) mass is 282 g/mol. The minimum absolute atomic E-state index is 0.261. The van der Waals surface area contributed by atoms with Crippen molar-refractivity contribution < 1.29 is 9.53 Å². The zero-order chi connectivity index (χ0) is 14.5. The molecule has 1 amide bonds. The molecule has 3 rings (SSSR count). The Hall–Kier alpha value is -2.36. The number of hydrogen-bond donors (Lipinski definition) is 0. The van der Waals surface area contributed by atoms with E-state index in [-0.39, 0.29) is 6.04 Å². The highest BCUT2D eigenvalue weighted by Gasteiger charge is 2.27. The van der Waals surface area contributed by atoms with Crippen LogP contribution in [0.5, 0.6) is 5.75 Å². The minimum atomic E-state index is 0.261. The third kappa shape index (κ3) is 3.05. The number of nitrogens with zero attached hydrogens (tertiary/aromatic N) is 2. The van der Waals surface area contributed by atoms with Crippen molar-refractivity contribution in [3.8, 4) is 5.75 Å². The van der Waals surface area contributed by atoms with Crippen LogP contribution in [0.3, 0.4) is 0 Å². The number of hydrogen-bond acceptors (Lipinski definition) is 3. The van der Waals surface area contributed by atoms with Gasteiger partial charge in [0.25, 0.3) is 0 Å². The smallest absolute Gasteiger partial charge is 0.215 e. The first-order chi connectivity index (χ1) is 10.4. The highest BCUT2D eigenvalue weighted by atomic mass is 16.5. The maximum Gasteiger partial charge on any atom is 0.215 e. The van der Waals surface area contributed by atoms with Gasteiger partial charge < -0.3 is 4.74 Å². The quantitative estimate of drug-likeness (QED) is 0.764. The average molecular weight is 282 g/mol. The van der Waals surface area contributed by atoms with Crippen molar-refractivity contribution in [1.29, 1.82) is 0 Å². The summed E-state index contributed by atoms with van der Waals surface area (Å²) >= 11 is 0. The molecule has 1 aliphatic rings. The maximum absolute atomic E-state index is 11.4. The molecule has 4 heteroatoms. The van der Waals surface area contributed by atoms with Crippen molar-refractivity contribution in [2.24, 2.45) is 0 Å². The first-order valence-electron chi connectivity index (χ1n) is 7.24. The number of pyridine rings is 1. The molecule has 21 heavy (non-hydrogen) atoms. The summed E-state index contributed by atoms with van der Waals surface area (Å²) in [6.07, 6.45) is 5.80. The van der Waals surface area contributed by atoms with Crippen LogP contribution in [0.1, 0.15) is 24.8 Å². The number of aromatic nitrogens is 1. The van der Waals surface area contributed by atoms with Gasteiger partial charge in [-0.1, -0.05) is 30.3 Å². The van der Waals surface area contributed by atoms with Crippen LogP contribution < -0.4 is 9.64 Å². The maximum atomic E-state index is 11.4. The molecule has 0 atom stereocenters. The van der Waals surface area contributed by atoms with E-state index in [1.54, 1.807) is 11.1 Å². The van der Waals surface area contributed by atoms with Crippen LogP contribution in [-0.2, 0) is 11.4 Å². The van der Waals surface area contributed by atoms with Crippen LogP contribution in [0.25, 0.3) is 0 Å². The number of rotatable bonds is 6. The van der Waals surface area contributed by atoms with Gasteiger partial charge in [0.15, 0.2) is 11.6 Å². The van der Waals surface area contributed by atoms with E-state index in [9.17, 15) is 4.79 Å². The van der Waals surface area contributed by atoms with Crippen molar-refractivity contribution in [2.45, 2.75) is 31.9 Å². The zero-order valence-electron chi connectivity index (χ0n) is 11.8. The molecule has 4 nitrogen and oxygen atoms in total. The molecule has 1 aliphatic carbocycles. The highest BCUT2D eigenvalue weighted by Crippen LogP contribution is 2.32. The number of anilines is 1. The van der Waals surface area contributed by atoms with Gasteiger partial charge in [0.1, 0.15) is 6.61 Å². The fraction of sp³-hybridized carbons (Fsp3) is 0.294. The van der Waals surface area contributed by atoms with Gasteiger partial charge in [0, 0.05) is 12.2 Å². The van der Waals surface area contributed by atoms with Crippen LogP contribution in [0.4, 0.5) is 5.82 Å². The van der Waals surface area contributed by atoms with E-state index < -0.39 is 0 Å². The Kier molecular flexibility index (Phi) is 4.15. The third-order valence-electron chi connectivity index (χ3n) is 3.81. The molecule has 0 unspecified atom stereocenters. The summed E-state index contributed by atoms with van der Waals surface area (Å²) in [6.45, 7) is 0.469. The largest absolute Gasteiger partial charge is 0.485 e. The second kappa shape index (κ2) is 6.39. The average Bonchev–Trinajstić information content (AvgIpc) is 2.50. The Morgan fingerprint density at radius 1 is 1.19 bits per heavy atom. The molecule has 0 spiro atoms. The fourth-order valence-electron chi connectivity index (χ4n) is 2.40. The molecule has 0 bridgehead atoms. The molecule has 1 aromatic carbocycles. The van der Waals surface area contributed by atoms with Gasteiger partial charge in [0.05, 0.1) is 0 Å². The van der Waals surface area contributed by atoms with Gasteiger partial charge in [-0.25, -0.2) is 4.98 Å². The molecule has 0 aliphatic heterocycles. The number of ether oxygens (including phenoxy) is 1. The van der Waals surface area contributed by atoms with E-state index in [0.29, 0.717) is 18.2 Å². The Morgan fingerprint density at radius 2 is 2.00 bits per heavy atom. The molecule has 0 saturated heterocycles. The Bertz CT molecular complexity index is 597. The minimum Gasteiger partial charge on any atom is -0.485 e. The molecule has 0 radical (unpaired) electrons. The van der Waals surface area contributed by atoms with Crippen LogP contribution in [0, 0.1) is 0 Å². The number of benzene rings is 1. The van der Waals surface area contributed by atoms with E-state index in [2.05, 4.69) is 4.98 Å². The van der Waals surface area contributed by atoms with Gasteiger partial charge in [-0.2, -0.15) is 0 Å². The summed E-state index contributed by atoms with van der Waals surface area (Å²) in [7, 11) is 0. The van der Waals surface area contributed by atoms with Crippen LogP contribution >= 0.6 is 0 Å². The number of amides is 1. The van der Waals surface area contributed by atoms with E-state index in [1.165, 1.54) is 6.42 Å². The molecular weight excluding hydrogens is 264 g/mol. The fourth-order valence-corrected chi connectivity index (χ4v) is 2.40. The normalized spacial score (nSPS) is 14.3. The number of carbonyl (C=O) groups excluding carboxylic acids is 1. The summed E-state index contributed by atoms with van der Waals surface area (Å²) in [5.74, 6) is 1.27. The molecule has 2 aromatic rings. The second-order valence-electron chi connectivity index (χ2n) is 5.20. The lowest BCUT2D eigenvalue weighted by molar-refractivity contribution is -0.108. The summed E-state index contributed by atoms with van der Waals surface area (Å²) < 4.78 is 5.86. The summed E-state index contributed by atoms with van der Waals surface area (Å²) in [5, 5.41) is 0. The van der Waals surface area contributed by atoms with Crippen molar-refractivity contribution in [1.82, 2.24) is 4.98 Å². The number of carbonyl (C=O) groups is 1. The zero-order valence-corrected chi connectivity index (χ0v) is 11.8.